The first-order chi connectivity index (χ1) is 13.5. The lowest BCUT2D eigenvalue weighted by Crippen LogP contribution is -2.30. The summed E-state index contributed by atoms with van der Waals surface area (Å²) in [4.78, 5) is 0. The van der Waals surface area contributed by atoms with Crippen molar-refractivity contribution >= 4 is 0 Å². The maximum Gasteiger partial charge on any atom is 0.196 e. The topological polar surface area (TPSA) is 27.7 Å². The molecule has 5 heteroatoms. The Morgan fingerprint density at radius 1 is 1.07 bits per heavy atom. The van der Waals surface area contributed by atoms with Gasteiger partial charge >= 0.3 is 0 Å². The van der Waals surface area contributed by atoms with Crippen LogP contribution >= 0.6 is 0 Å². The van der Waals surface area contributed by atoms with Gasteiger partial charge in [0.1, 0.15) is 5.76 Å². The highest BCUT2D eigenvalue weighted by molar-refractivity contribution is 5.33. The van der Waals surface area contributed by atoms with E-state index in [1.54, 1.807) is 0 Å². The van der Waals surface area contributed by atoms with Crippen molar-refractivity contribution in [2.45, 2.75) is 91.8 Å². The lowest BCUT2D eigenvalue weighted by atomic mass is 9.88. The number of rotatable bonds is 9. The Kier molecular flexibility index (Phi) is 11.9. The van der Waals surface area contributed by atoms with Gasteiger partial charge in [0.15, 0.2) is 11.7 Å². The molecular weight excluding hydrogens is 362 g/mol. The minimum absolute atomic E-state index is 0.00134. The van der Waals surface area contributed by atoms with Crippen LogP contribution in [0.25, 0.3) is 0 Å². The molecule has 1 saturated heterocycles. The Morgan fingerprint density at radius 3 is 2.36 bits per heavy atom. The van der Waals surface area contributed by atoms with Crippen molar-refractivity contribution < 1.29 is 23.0 Å². The normalized spacial score (nSPS) is 25.1. The molecule has 0 saturated carbocycles. The first kappa shape index (κ1) is 25.1. The molecule has 0 amide bonds. The number of halogens is 2. The van der Waals surface area contributed by atoms with Crippen molar-refractivity contribution in [3.8, 4) is 0 Å². The van der Waals surface area contributed by atoms with E-state index in [9.17, 15) is 8.78 Å². The van der Waals surface area contributed by atoms with Crippen LogP contribution in [0.2, 0.25) is 0 Å². The summed E-state index contributed by atoms with van der Waals surface area (Å²) in [7, 11) is 1.38. The minimum Gasteiger partial charge on any atom is -0.498 e. The van der Waals surface area contributed by atoms with Crippen LogP contribution in [0.4, 0.5) is 8.78 Å². The molecule has 0 aromatic carbocycles. The highest BCUT2D eigenvalue weighted by Gasteiger charge is 2.26. The molecule has 1 fully saturated rings. The average molecular weight is 403 g/mol. The van der Waals surface area contributed by atoms with Gasteiger partial charge in [0, 0.05) is 13.0 Å². The van der Waals surface area contributed by atoms with Gasteiger partial charge in [-0.3, -0.25) is 0 Å². The maximum absolute atomic E-state index is 14.2. The zero-order valence-electron chi connectivity index (χ0n) is 18.7. The number of methoxy groups -OCH3 is 1. The molecule has 4 atom stereocenters. The molecule has 4 unspecified atom stereocenters. The van der Waals surface area contributed by atoms with Crippen LogP contribution in [0.15, 0.2) is 23.0 Å². The summed E-state index contributed by atoms with van der Waals surface area (Å²) in [5.74, 6) is -0.745. The van der Waals surface area contributed by atoms with Gasteiger partial charge < -0.3 is 14.2 Å². The number of hydrogen-bond acceptors (Lipinski definition) is 3. The third-order valence-electron chi connectivity index (χ3n) is 5.80. The van der Waals surface area contributed by atoms with Crippen LogP contribution in [-0.2, 0) is 14.2 Å². The van der Waals surface area contributed by atoms with E-state index in [1.807, 2.05) is 27.7 Å². The van der Waals surface area contributed by atoms with Gasteiger partial charge in [0.05, 0.1) is 25.9 Å². The highest BCUT2D eigenvalue weighted by atomic mass is 19.2. The number of ether oxygens (including phenoxy) is 3. The minimum atomic E-state index is -0.829. The summed E-state index contributed by atoms with van der Waals surface area (Å²) in [5, 5.41) is 0. The molecular formula is C23H40F2O3. The molecule has 0 radical (unpaired) electrons. The van der Waals surface area contributed by atoms with Crippen molar-refractivity contribution in [3.05, 3.63) is 23.0 Å². The molecule has 28 heavy (non-hydrogen) atoms. The van der Waals surface area contributed by atoms with E-state index in [2.05, 4.69) is 6.92 Å². The molecule has 0 bridgehead atoms. The van der Waals surface area contributed by atoms with E-state index in [1.165, 1.54) is 20.0 Å². The van der Waals surface area contributed by atoms with E-state index in [4.69, 9.17) is 14.2 Å². The van der Waals surface area contributed by atoms with Gasteiger partial charge in [0.2, 0.25) is 0 Å². The Hall–Kier alpha value is -0.940. The Labute approximate surface area is 170 Å². The lowest BCUT2D eigenvalue weighted by molar-refractivity contribution is -0.0774. The van der Waals surface area contributed by atoms with Gasteiger partial charge in [-0.1, -0.05) is 34.1 Å². The van der Waals surface area contributed by atoms with Crippen molar-refractivity contribution in [2.24, 2.45) is 11.8 Å². The molecule has 0 spiro atoms. The third kappa shape index (κ3) is 7.47. The summed E-state index contributed by atoms with van der Waals surface area (Å²) in [6.07, 6.45) is 6.30. The molecule has 164 valence electrons. The van der Waals surface area contributed by atoms with Crippen molar-refractivity contribution in [1.29, 1.82) is 0 Å². The third-order valence-corrected chi connectivity index (χ3v) is 5.80. The van der Waals surface area contributed by atoms with Crippen molar-refractivity contribution in [3.63, 3.8) is 0 Å². The van der Waals surface area contributed by atoms with Gasteiger partial charge in [-0.15, -0.1) is 0 Å². The molecule has 1 aliphatic carbocycles. The number of allylic oxidation sites excluding steroid dienone is 4. The van der Waals surface area contributed by atoms with Crippen LogP contribution < -0.4 is 0 Å². The molecule has 2 aliphatic rings. The maximum atomic E-state index is 14.2. The Balaban J connectivity index is 0.00000190. The summed E-state index contributed by atoms with van der Waals surface area (Å²) in [5.41, 5.74) is 0.566. The van der Waals surface area contributed by atoms with Crippen molar-refractivity contribution in [2.75, 3.05) is 20.3 Å². The Bertz CT molecular complexity index is 508. The van der Waals surface area contributed by atoms with Gasteiger partial charge in [0.25, 0.3) is 0 Å². The average Bonchev–Trinajstić information content (AvgIpc) is 2.74. The molecule has 3 nitrogen and oxygen atoms in total. The van der Waals surface area contributed by atoms with E-state index in [-0.39, 0.29) is 23.9 Å². The van der Waals surface area contributed by atoms with Crippen LogP contribution in [0.5, 0.6) is 0 Å². The van der Waals surface area contributed by atoms with Gasteiger partial charge in [-0.05, 0) is 56.4 Å². The van der Waals surface area contributed by atoms with E-state index in [0.717, 1.165) is 25.9 Å². The fourth-order valence-corrected chi connectivity index (χ4v) is 3.71. The standard InChI is InChI=1S/C21H34F2O3.C2H6/c1-5-16-8-9-17(26-12-16)13-25-15(3)7-6-14(2)18-10-11-19(24-4)21(23)20(18)22;1-2/h14-17H,5-13H2,1-4H3;1-2H3. The van der Waals surface area contributed by atoms with Crippen LogP contribution in [-0.4, -0.2) is 32.5 Å². The molecule has 1 heterocycles. The second-order valence-corrected chi connectivity index (χ2v) is 7.71. The number of hydrogen-bond donors (Lipinski definition) is 0. The van der Waals surface area contributed by atoms with E-state index >= 15 is 0 Å². The molecule has 0 aromatic rings. The fourth-order valence-electron chi connectivity index (χ4n) is 3.71. The quantitative estimate of drug-likeness (QED) is 0.420. The first-order valence-electron chi connectivity index (χ1n) is 11.0. The summed E-state index contributed by atoms with van der Waals surface area (Å²) in [6, 6.07) is 0. The predicted octanol–water partition coefficient (Wildman–Crippen LogP) is 6.88. The lowest BCUT2D eigenvalue weighted by Gasteiger charge is -2.29. The van der Waals surface area contributed by atoms with Gasteiger partial charge in [-0.25, -0.2) is 8.78 Å². The monoisotopic (exact) mass is 402 g/mol. The van der Waals surface area contributed by atoms with Gasteiger partial charge in [-0.2, -0.15) is 0 Å². The SMILES string of the molecule is CC.CCC1CCC(COC(C)CCC(C)C2=C(F)C(F)=C(OC)CC2)OC1. The smallest absolute Gasteiger partial charge is 0.196 e. The molecule has 1 aliphatic heterocycles. The second-order valence-electron chi connectivity index (χ2n) is 7.71. The zero-order chi connectivity index (χ0) is 21.1. The molecule has 2 rings (SSSR count). The van der Waals surface area contributed by atoms with Crippen LogP contribution in [0.3, 0.4) is 0 Å². The molecule has 0 N–H and O–H groups in total. The summed E-state index contributed by atoms with van der Waals surface area (Å²) >= 11 is 0. The van der Waals surface area contributed by atoms with Crippen LogP contribution in [0.1, 0.15) is 79.6 Å². The fraction of sp³-hybridized carbons (Fsp3) is 0.826. The van der Waals surface area contributed by atoms with Crippen LogP contribution in [0, 0.1) is 11.8 Å². The first-order valence-corrected chi connectivity index (χ1v) is 11.0. The Morgan fingerprint density at radius 2 is 1.79 bits per heavy atom. The molecule has 0 aromatic heterocycles. The second kappa shape index (κ2) is 13.3. The van der Waals surface area contributed by atoms with E-state index in [0.29, 0.717) is 30.9 Å². The van der Waals surface area contributed by atoms with E-state index < -0.39 is 11.7 Å². The summed E-state index contributed by atoms with van der Waals surface area (Å²) < 4.78 is 44.8. The summed E-state index contributed by atoms with van der Waals surface area (Å²) in [6.45, 7) is 11.7. The predicted molar refractivity (Wildman–Crippen MR) is 110 cm³/mol. The zero-order valence-corrected chi connectivity index (χ0v) is 18.7. The van der Waals surface area contributed by atoms with Crippen molar-refractivity contribution in [1.82, 2.24) is 0 Å². The largest absolute Gasteiger partial charge is 0.498 e. The highest BCUT2D eigenvalue weighted by Crippen LogP contribution is 2.37.